The van der Waals surface area contributed by atoms with Crippen LogP contribution in [-0.2, 0) is 18.8 Å². The molecule has 0 aromatic heterocycles. The fourth-order valence-corrected chi connectivity index (χ4v) is 2.94. The van der Waals surface area contributed by atoms with Gasteiger partial charge in [0.2, 0.25) is 5.91 Å². The Morgan fingerprint density at radius 1 is 1.44 bits per heavy atom. The van der Waals surface area contributed by atoms with Gasteiger partial charge in [-0.15, -0.1) is 0 Å². The molecule has 0 aliphatic carbocycles. The Morgan fingerprint density at radius 2 is 2.00 bits per heavy atom. The van der Waals surface area contributed by atoms with E-state index < -0.39 is 21.2 Å². The maximum absolute atomic E-state index is 11.5. The molecule has 0 bridgehead atoms. The first-order valence-electron chi connectivity index (χ1n) is 6.26. The van der Waals surface area contributed by atoms with E-state index in [1.807, 2.05) is 6.92 Å². The molecule has 0 aromatic rings. The highest BCUT2D eigenvalue weighted by atomic mass is 28.3. The zero-order valence-corrected chi connectivity index (χ0v) is 13.1. The molecule has 1 amide bonds. The van der Waals surface area contributed by atoms with Crippen molar-refractivity contribution in [1.29, 1.82) is 0 Å². The van der Waals surface area contributed by atoms with Gasteiger partial charge < -0.3 is 14.5 Å². The molecule has 0 spiro atoms. The lowest BCUT2D eigenvalue weighted by Crippen LogP contribution is -2.64. The lowest BCUT2D eigenvalue weighted by Gasteiger charge is -2.41. The van der Waals surface area contributed by atoms with E-state index in [0.29, 0.717) is 0 Å². The highest BCUT2D eigenvalue weighted by Gasteiger charge is 2.46. The number of rotatable bonds is 4. The van der Waals surface area contributed by atoms with Crippen molar-refractivity contribution in [3.8, 4) is 0 Å². The number of amides is 1. The fraction of sp³-hybridized carbons (Fsp3) is 0.833. The summed E-state index contributed by atoms with van der Waals surface area (Å²) in [6, 6.07) is 0. The quantitative estimate of drug-likeness (QED) is 0.474. The van der Waals surface area contributed by atoms with Gasteiger partial charge in [0, 0.05) is 6.92 Å². The molecule has 1 saturated heterocycles. The molecule has 0 radical (unpaired) electrons. The smallest absolute Gasteiger partial charge is 0.304 e. The topological polar surface area (TPSA) is 64.6 Å². The van der Waals surface area contributed by atoms with E-state index in [2.05, 4.69) is 32.6 Å². The summed E-state index contributed by atoms with van der Waals surface area (Å²) in [6.07, 6.45) is -0.754. The Bertz CT molecular complexity index is 339. The van der Waals surface area contributed by atoms with Gasteiger partial charge in [0.05, 0.1) is 6.10 Å². The number of nitrogens with one attached hydrogen (secondary N) is 1. The Balaban J connectivity index is 2.57. The summed E-state index contributed by atoms with van der Waals surface area (Å²) in [5.41, 5.74) is 0. The molecule has 0 aromatic carbocycles. The van der Waals surface area contributed by atoms with Crippen LogP contribution in [0.4, 0.5) is 0 Å². The van der Waals surface area contributed by atoms with E-state index >= 15 is 0 Å². The van der Waals surface area contributed by atoms with Gasteiger partial charge in [-0.2, -0.15) is 0 Å². The molecule has 1 heterocycles. The van der Waals surface area contributed by atoms with E-state index in [1.54, 1.807) is 0 Å². The molecule has 6 heteroatoms. The van der Waals surface area contributed by atoms with Gasteiger partial charge in [0.15, 0.2) is 15.3 Å². The molecule has 1 unspecified atom stereocenters. The molecule has 1 aliphatic rings. The summed E-state index contributed by atoms with van der Waals surface area (Å²) >= 11 is 0. The highest BCUT2D eigenvalue weighted by molar-refractivity contribution is 6.53. The average Bonchev–Trinajstić information content (AvgIpc) is 2.13. The van der Waals surface area contributed by atoms with Crippen LogP contribution in [0.15, 0.2) is 0 Å². The van der Waals surface area contributed by atoms with Crippen LogP contribution in [0.5, 0.6) is 0 Å². The number of hydrogen-bond donors (Lipinski definition) is 1. The number of carbonyl (C=O) groups excluding carboxylic acids is 2. The van der Waals surface area contributed by atoms with Crippen LogP contribution >= 0.6 is 0 Å². The first kappa shape index (κ1) is 15.2. The van der Waals surface area contributed by atoms with E-state index in [-0.39, 0.29) is 23.0 Å². The Hall–Kier alpha value is -0.883. The van der Waals surface area contributed by atoms with Crippen molar-refractivity contribution in [1.82, 2.24) is 5.32 Å². The van der Waals surface area contributed by atoms with Gasteiger partial charge in [-0.3, -0.25) is 9.59 Å². The zero-order chi connectivity index (χ0) is 14.1. The molecule has 1 N–H and O–H groups in total. The first-order valence-corrected chi connectivity index (χ1v) is 8.46. The van der Waals surface area contributed by atoms with Crippen LogP contribution in [0.2, 0.25) is 11.6 Å². The Kier molecular flexibility index (Phi) is 4.55. The van der Waals surface area contributed by atoms with E-state index in [9.17, 15) is 9.59 Å². The van der Waals surface area contributed by atoms with Crippen LogP contribution < -0.4 is 5.32 Å². The van der Waals surface area contributed by atoms with Crippen LogP contribution in [-0.4, -0.2) is 33.2 Å². The standard InChI is InChI=1S/C12H23NO4Si/c1-7(17-18(6)12(3,4)5)9-10(15)13-11(9)16-8(2)14/h7,9,11,18H,1-6H3,(H,13,15)/t7-,9+,11-,18?/m1/s1. The number of carbonyl (C=O) groups is 2. The van der Waals surface area contributed by atoms with E-state index in [0.717, 1.165) is 0 Å². The van der Waals surface area contributed by atoms with Gasteiger partial charge in [-0.05, 0) is 18.5 Å². The van der Waals surface area contributed by atoms with Crippen molar-refractivity contribution in [2.45, 2.75) is 58.5 Å². The number of esters is 1. The maximum Gasteiger partial charge on any atom is 0.304 e. The second kappa shape index (κ2) is 5.40. The van der Waals surface area contributed by atoms with Gasteiger partial charge in [0.1, 0.15) is 5.92 Å². The predicted molar refractivity (Wildman–Crippen MR) is 70.5 cm³/mol. The molecule has 104 valence electrons. The minimum atomic E-state index is -1.40. The summed E-state index contributed by atoms with van der Waals surface area (Å²) in [5.74, 6) is -0.881. The summed E-state index contributed by atoms with van der Waals surface area (Å²) in [5, 5.41) is 2.71. The van der Waals surface area contributed by atoms with Gasteiger partial charge in [0.25, 0.3) is 0 Å². The first-order chi connectivity index (χ1) is 8.12. The van der Waals surface area contributed by atoms with Crippen molar-refractivity contribution in [3.05, 3.63) is 0 Å². The Labute approximate surface area is 110 Å². The van der Waals surface area contributed by atoms with Gasteiger partial charge in [-0.25, -0.2) is 0 Å². The van der Waals surface area contributed by atoms with Gasteiger partial charge >= 0.3 is 5.97 Å². The van der Waals surface area contributed by atoms with Crippen molar-refractivity contribution in [2.24, 2.45) is 5.92 Å². The van der Waals surface area contributed by atoms with E-state index in [4.69, 9.17) is 9.16 Å². The SMILES string of the molecule is CC(=O)O[C@H]1NC(=O)[C@@H]1[C@@H](C)O[SiH](C)C(C)(C)C. The molecule has 0 saturated carbocycles. The third-order valence-corrected chi connectivity index (χ3v) is 6.63. The molecular formula is C12H23NO4Si. The minimum absolute atomic E-state index is 0.108. The lowest BCUT2D eigenvalue weighted by atomic mass is 9.93. The number of β-lactam (4-membered cyclic amide) rings is 1. The predicted octanol–water partition coefficient (Wildman–Crippen LogP) is 1.18. The third kappa shape index (κ3) is 3.55. The average molecular weight is 273 g/mol. The minimum Gasteiger partial charge on any atom is -0.441 e. The normalized spacial score (nSPS) is 26.9. The Morgan fingerprint density at radius 3 is 2.39 bits per heavy atom. The van der Waals surface area contributed by atoms with E-state index in [1.165, 1.54) is 6.92 Å². The summed E-state index contributed by atoms with van der Waals surface area (Å²) in [4.78, 5) is 22.4. The van der Waals surface area contributed by atoms with Crippen LogP contribution in [0, 0.1) is 5.92 Å². The molecule has 1 fully saturated rings. The van der Waals surface area contributed by atoms with Crippen LogP contribution in [0.3, 0.4) is 0 Å². The lowest BCUT2D eigenvalue weighted by molar-refractivity contribution is -0.172. The van der Waals surface area contributed by atoms with Gasteiger partial charge in [-0.1, -0.05) is 20.8 Å². The van der Waals surface area contributed by atoms with Crippen molar-refractivity contribution in [3.63, 3.8) is 0 Å². The largest absolute Gasteiger partial charge is 0.441 e. The number of hydrogen-bond acceptors (Lipinski definition) is 4. The zero-order valence-electron chi connectivity index (χ0n) is 11.9. The molecule has 1 aliphatic heterocycles. The molecule has 4 atom stereocenters. The van der Waals surface area contributed by atoms with Crippen molar-refractivity contribution >= 4 is 20.9 Å². The summed E-state index contributed by atoms with van der Waals surface area (Å²) < 4.78 is 11.0. The van der Waals surface area contributed by atoms with Crippen LogP contribution in [0.1, 0.15) is 34.6 Å². The molecular weight excluding hydrogens is 250 g/mol. The fourth-order valence-electron chi connectivity index (χ4n) is 1.72. The highest BCUT2D eigenvalue weighted by Crippen LogP contribution is 2.31. The number of ether oxygens (including phenoxy) is 1. The second-order valence-corrected chi connectivity index (χ2v) is 9.20. The second-order valence-electron chi connectivity index (χ2n) is 5.91. The van der Waals surface area contributed by atoms with Crippen molar-refractivity contribution < 1.29 is 18.8 Å². The monoisotopic (exact) mass is 273 g/mol. The van der Waals surface area contributed by atoms with Crippen LogP contribution in [0.25, 0.3) is 0 Å². The summed E-state index contributed by atoms with van der Waals surface area (Å²) in [6.45, 7) is 11.7. The molecule has 5 nitrogen and oxygen atoms in total. The van der Waals surface area contributed by atoms with Crippen molar-refractivity contribution in [2.75, 3.05) is 0 Å². The summed E-state index contributed by atoms with van der Waals surface area (Å²) in [7, 11) is -1.40. The molecule has 1 rings (SSSR count). The maximum atomic E-state index is 11.5. The third-order valence-electron chi connectivity index (χ3n) is 3.35. The molecule has 18 heavy (non-hydrogen) atoms.